The van der Waals surface area contributed by atoms with Crippen LogP contribution < -0.4 is 20.9 Å². The van der Waals surface area contributed by atoms with Gasteiger partial charge in [0.15, 0.2) is 0 Å². The van der Waals surface area contributed by atoms with Crippen LogP contribution in [0.15, 0.2) is 53.3 Å². The minimum absolute atomic E-state index is 0.156. The van der Waals surface area contributed by atoms with Gasteiger partial charge in [-0.1, -0.05) is 30.3 Å². The fourth-order valence-electron chi connectivity index (χ4n) is 2.41. The van der Waals surface area contributed by atoms with Gasteiger partial charge >= 0.3 is 0 Å². The van der Waals surface area contributed by atoms with Crippen molar-refractivity contribution in [2.45, 2.75) is 6.92 Å². The van der Waals surface area contributed by atoms with Gasteiger partial charge in [0.05, 0.1) is 22.9 Å². The predicted molar refractivity (Wildman–Crippen MR) is 97.3 cm³/mol. The maximum atomic E-state index is 12.7. The second-order valence-corrected chi connectivity index (χ2v) is 5.70. The van der Waals surface area contributed by atoms with Gasteiger partial charge in [-0.05, 0) is 55.0 Å². The van der Waals surface area contributed by atoms with E-state index in [0.717, 1.165) is 11.3 Å². The number of aromatic amines is 1. The zero-order chi connectivity index (χ0) is 17.1. The molecule has 0 bridgehead atoms. The van der Waals surface area contributed by atoms with Crippen molar-refractivity contribution in [3.05, 3.63) is 80.0 Å². The molecule has 0 saturated carbocycles. The molecule has 3 rings (SSSR count). The van der Waals surface area contributed by atoms with Gasteiger partial charge in [-0.15, -0.1) is 0 Å². The van der Waals surface area contributed by atoms with Gasteiger partial charge in [-0.25, -0.2) is 4.68 Å². The fraction of sp³-hybridized carbons (Fsp3) is 0.105. The first-order valence-corrected chi connectivity index (χ1v) is 7.97. The van der Waals surface area contributed by atoms with Crippen LogP contribution in [-0.4, -0.2) is 16.4 Å². The molecule has 1 N–H and O–H groups in total. The zero-order valence-corrected chi connectivity index (χ0v) is 14.0. The molecule has 2 aromatic carbocycles. The van der Waals surface area contributed by atoms with Crippen molar-refractivity contribution in [1.82, 2.24) is 9.78 Å². The summed E-state index contributed by atoms with van der Waals surface area (Å²) in [6, 6.07) is 14.6. The van der Waals surface area contributed by atoms with Gasteiger partial charge < -0.3 is 4.74 Å². The highest BCUT2D eigenvalue weighted by Gasteiger charge is 2.04. The Labute approximate surface area is 144 Å². The first-order valence-electron chi connectivity index (χ1n) is 7.59. The highest BCUT2D eigenvalue weighted by molar-refractivity contribution is 6.30. The van der Waals surface area contributed by atoms with Crippen molar-refractivity contribution >= 4 is 24.3 Å². The molecule has 0 aliphatic heterocycles. The summed E-state index contributed by atoms with van der Waals surface area (Å²) in [4.78, 5) is 12.7. The molecule has 1 aromatic heterocycles. The molecule has 122 valence electrons. The van der Waals surface area contributed by atoms with Crippen LogP contribution in [0.25, 0.3) is 18.3 Å². The number of halogens is 1. The number of hydrogen-bond acceptors (Lipinski definition) is 2. The van der Waals surface area contributed by atoms with E-state index in [2.05, 4.69) is 11.7 Å². The van der Waals surface area contributed by atoms with E-state index in [9.17, 15) is 4.79 Å². The molecule has 0 amide bonds. The molecule has 0 unspecified atom stereocenters. The number of benzene rings is 2. The molecule has 24 heavy (non-hydrogen) atoms. The Morgan fingerprint density at radius 3 is 2.46 bits per heavy atom. The molecule has 5 heteroatoms. The molecule has 1 heterocycles. The van der Waals surface area contributed by atoms with Gasteiger partial charge in [0, 0.05) is 5.02 Å². The number of rotatable bonds is 4. The molecular weight excluding hydrogens is 324 g/mol. The average molecular weight is 341 g/mol. The van der Waals surface area contributed by atoms with Crippen molar-refractivity contribution in [3.63, 3.8) is 0 Å². The summed E-state index contributed by atoms with van der Waals surface area (Å²) in [5, 5.41) is 4.70. The standard InChI is InChI=1S/C19H17ClN2O2/c1-3-24-17-10-4-14(5-11-17)12-18-13(2)21-22(19(18)23)16-8-6-15(20)7-9-16/h4-12,21H,2-3H2,1H3/b18-12+. The maximum Gasteiger partial charge on any atom is 0.279 e. The summed E-state index contributed by atoms with van der Waals surface area (Å²) in [6.45, 7) is 6.49. The van der Waals surface area contributed by atoms with E-state index in [0.29, 0.717) is 27.9 Å². The second kappa shape index (κ2) is 6.81. The van der Waals surface area contributed by atoms with Crippen LogP contribution in [0.5, 0.6) is 5.75 Å². The first kappa shape index (κ1) is 16.1. The number of hydrogen-bond donors (Lipinski definition) is 1. The number of aromatic nitrogens is 2. The number of H-pyrrole nitrogens is 1. The lowest BCUT2D eigenvalue weighted by Crippen LogP contribution is -2.33. The summed E-state index contributed by atoms with van der Waals surface area (Å²) >= 11 is 5.89. The Kier molecular flexibility index (Phi) is 4.58. The molecule has 3 aromatic rings. The van der Waals surface area contributed by atoms with Gasteiger partial charge in [0.1, 0.15) is 5.75 Å². The van der Waals surface area contributed by atoms with Crippen molar-refractivity contribution in [1.29, 1.82) is 0 Å². The summed E-state index contributed by atoms with van der Waals surface area (Å²) in [5.41, 5.74) is 1.46. The lowest BCUT2D eigenvalue weighted by atomic mass is 10.2. The van der Waals surface area contributed by atoms with Crippen LogP contribution in [-0.2, 0) is 0 Å². The Bertz CT molecular complexity index is 1000. The monoisotopic (exact) mass is 340 g/mol. The van der Waals surface area contributed by atoms with E-state index < -0.39 is 0 Å². The molecular formula is C19H17ClN2O2. The Hall–Kier alpha value is -2.72. The van der Waals surface area contributed by atoms with Crippen molar-refractivity contribution in [3.8, 4) is 11.4 Å². The Morgan fingerprint density at radius 1 is 1.17 bits per heavy atom. The number of nitrogens with one attached hydrogen (secondary N) is 1. The highest BCUT2D eigenvalue weighted by Crippen LogP contribution is 2.12. The largest absolute Gasteiger partial charge is 0.494 e. The van der Waals surface area contributed by atoms with Crippen LogP contribution in [0.2, 0.25) is 5.02 Å². The van der Waals surface area contributed by atoms with E-state index in [4.69, 9.17) is 16.3 Å². The first-order chi connectivity index (χ1) is 11.6. The zero-order valence-electron chi connectivity index (χ0n) is 13.3. The topological polar surface area (TPSA) is 47.0 Å². The lowest BCUT2D eigenvalue weighted by Gasteiger charge is -2.01. The third-order valence-electron chi connectivity index (χ3n) is 3.59. The summed E-state index contributed by atoms with van der Waals surface area (Å²) in [7, 11) is 0. The van der Waals surface area contributed by atoms with Crippen LogP contribution >= 0.6 is 11.6 Å². The molecule has 0 atom stereocenters. The smallest absolute Gasteiger partial charge is 0.279 e. The van der Waals surface area contributed by atoms with Crippen molar-refractivity contribution in [2.24, 2.45) is 0 Å². The normalized spacial score (nSPS) is 11.7. The number of ether oxygens (including phenoxy) is 1. The SMILES string of the molecule is C=c1[nH]n(-c2ccc(Cl)cc2)c(=O)/c1=C/c1ccc(OCC)cc1. The minimum Gasteiger partial charge on any atom is -0.494 e. The Balaban J connectivity index is 2.04. The second-order valence-electron chi connectivity index (χ2n) is 5.27. The summed E-state index contributed by atoms with van der Waals surface area (Å²) < 4.78 is 6.88. The lowest BCUT2D eigenvalue weighted by molar-refractivity contribution is 0.340. The number of nitrogens with zero attached hydrogens (tertiary/aromatic N) is 1. The van der Waals surface area contributed by atoms with E-state index >= 15 is 0 Å². The van der Waals surface area contributed by atoms with E-state index in [1.165, 1.54) is 4.68 Å². The quantitative estimate of drug-likeness (QED) is 0.793. The molecule has 0 saturated heterocycles. The van der Waals surface area contributed by atoms with E-state index in [1.807, 2.05) is 37.3 Å². The highest BCUT2D eigenvalue weighted by atomic mass is 35.5. The fourth-order valence-corrected chi connectivity index (χ4v) is 2.54. The maximum absolute atomic E-state index is 12.7. The molecule has 0 fully saturated rings. The van der Waals surface area contributed by atoms with E-state index in [-0.39, 0.29) is 5.56 Å². The van der Waals surface area contributed by atoms with Crippen LogP contribution in [0, 0.1) is 0 Å². The molecule has 0 aliphatic carbocycles. The van der Waals surface area contributed by atoms with Crippen LogP contribution in [0.3, 0.4) is 0 Å². The molecule has 0 radical (unpaired) electrons. The summed E-state index contributed by atoms with van der Waals surface area (Å²) in [5.74, 6) is 0.803. The molecule has 0 spiro atoms. The van der Waals surface area contributed by atoms with Gasteiger partial charge in [0.25, 0.3) is 5.56 Å². The van der Waals surface area contributed by atoms with Gasteiger partial charge in [-0.2, -0.15) is 0 Å². The predicted octanol–water partition coefficient (Wildman–Crippen LogP) is 2.46. The Morgan fingerprint density at radius 2 is 1.83 bits per heavy atom. The average Bonchev–Trinajstić information content (AvgIpc) is 2.86. The van der Waals surface area contributed by atoms with E-state index in [1.54, 1.807) is 24.3 Å². The molecule has 0 aliphatic rings. The summed E-state index contributed by atoms with van der Waals surface area (Å²) in [6.07, 6.45) is 1.81. The van der Waals surface area contributed by atoms with Crippen molar-refractivity contribution in [2.75, 3.05) is 6.61 Å². The third kappa shape index (κ3) is 3.29. The van der Waals surface area contributed by atoms with Crippen LogP contribution in [0.4, 0.5) is 0 Å². The van der Waals surface area contributed by atoms with Gasteiger partial charge in [0.2, 0.25) is 0 Å². The van der Waals surface area contributed by atoms with Crippen molar-refractivity contribution < 1.29 is 4.74 Å². The minimum atomic E-state index is -0.156. The van der Waals surface area contributed by atoms with Crippen LogP contribution in [0.1, 0.15) is 12.5 Å². The third-order valence-corrected chi connectivity index (χ3v) is 3.84. The molecule has 4 nitrogen and oxygen atoms in total. The van der Waals surface area contributed by atoms with Gasteiger partial charge in [-0.3, -0.25) is 9.89 Å².